The molecule has 1 aliphatic rings. The maximum absolute atomic E-state index is 5.84. The van der Waals surface area contributed by atoms with Gasteiger partial charge in [0.2, 0.25) is 5.89 Å². The van der Waals surface area contributed by atoms with Gasteiger partial charge in [0.25, 0.3) is 0 Å². The van der Waals surface area contributed by atoms with Gasteiger partial charge in [0.15, 0.2) is 11.7 Å². The minimum absolute atomic E-state index is 0.526. The fourth-order valence-electron chi connectivity index (χ4n) is 3.04. The van der Waals surface area contributed by atoms with E-state index in [4.69, 9.17) is 4.42 Å². The first-order valence-corrected chi connectivity index (χ1v) is 8.73. The van der Waals surface area contributed by atoms with Gasteiger partial charge in [-0.05, 0) is 19.8 Å². The Morgan fingerprint density at radius 2 is 1.96 bits per heavy atom. The molecule has 0 unspecified atom stereocenters. The zero-order valence-electron chi connectivity index (χ0n) is 14.5. The lowest BCUT2D eigenvalue weighted by molar-refractivity contribution is 0.408. The summed E-state index contributed by atoms with van der Waals surface area (Å²) in [6, 6.07) is 8.78. The average molecular weight is 326 g/mol. The van der Waals surface area contributed by atoms with Crippen molar-refractivity contribution < 1.29 is 4.42 Å². The average Bonchev–Trinajstić information content (AvgIpc) is 3.09. The molecule has 0 aliphatic heterocycles. The molecule has 2 N–H and O–H groups in total. The molecular weight excluding hydrogens is 300 g/mol. The van der Waals surface area contributed by atoms with Crippen molar-refractivity contribution in [1.82, 2.24) is 15.6 Å². The highest BCUT2D eigenvalue weighted by molar-refractivity contribution is 5.79. The van der Waals surface area contributed by atoms with Crippen molar-refractivity contribution in [3.8, 4) is 11.3 Å². The van der Waals surface area contributed by atoms with E-state index in [0.717, 1.165) is 17.3 Å². The summed E-state index contributed by atoms with van der Waals surface area (Å²) < 4.78 is 5.84. The van der Waals surface area contributed by atoms with Crippen molar-refractivity contribution in [3.05, 3.63) is 41.9 Å². The molecule has 1 fully saturated rings. The predicted molar refractivity (Wildman–Crippen MR) is 96.9 cm³/mol. The third-order valence-electron chi connectivity index (χ3n) is 4.47. The van der Waals surface area contributed by atoms with Crippen LogP contribution in [-0.2, 0) is 6.54 Å². The van der Waals surface area contributed by atoms with Crippen LogP contribution in [0.3, 0.4) is 0 Å². The van der Waals surface area contributed by atoms with Crippen molar-refractivity contribution in [3.63, 3.8) is 0 Å². The third-order valence-corrected chi connectivity index (χ3v) is 4.47. The molecule has 0 bridgehead atoms. The van der Waals surface area contributed by atoms with Crippen molar-refractivity contribution in [2.45, 2.75) is 51.6 Å². The largest absolute Gasteiger partial charge is 0.439 e. The summed E-state index contributed by atoms with van der Waals surface area (Å²) in [4.78, 5) is 8.65. The third kappa shape index (κ3) is 4.37. The van der Waals surface area contributed by atoms with E-state index in [1.807, 2.05) is 0 Å². The lowest BCUT2D eigenvalue weighted by atomic mass is 9.96. The lowest BCUT2D eigenvalue weighted by Crippen LogP contribution is -2.43. The molecular formula is C19H26N4O. The van der Waals surface area contributed by atoms with Crippen LogP contribution in [0.4, 0.5) is 0 Å². The Morgan fingerprint density at radius 1 is 1.21 bits per heavy atom. The standard InChI is InChI=1S/C19H26N4O/c1-14-8-10-15(11-9-14)17-12-21-18(24-17)13-22-19(20-2)23-16-6-4-3-5-7-16/h8-12,16H,3-7,13H2,1-2H3,(H2,20,22,23). The summed E-state index contributed by atoms with van der Waals surface area (Å²) in [6.07, 6.45) is 8.17. The van der Waals surface area contributed by atoms with Crippen LogP contribution in [0.15, 0.2) is 39.9 Å². The van der Waals surface area contributed by atoms with E-state index in [9.17, 15) is 0 Å². The van der Waals surface area contributed by atoms with Crippen LogP contribution in [0.1, 0.15) is 43.6 Å². The SMILES string of the molecule is CN=C(NCc1ncc(-c2ccc(C)cc2)o1)NC1CCCCC1. The van der Waals surface area contributed by atoms with Crippen LogP contribution in [0, 0.1) is 6.92 Å². The monoisotopic (exact) mass is 326 g/mol. The van der Waals surface area contributed by atoms with Gasteiger partial charge in [-0.3, -0.25) is 4.99 Å². The minimum atomic E-state index is 0.526. The van der Waals surface area contributed by atoms with E-state index >= 15 is 0 Å². The van der Waals surface area contributed by atoms with Crippen LogP contribution in [0.5, 0.6) is 0 Å². The van der Waals surface area contributed by atoms with E-state index in [0.29, 0.717) is 18.5 Å². The molecule has 2 aromatic rings. The fourth-order valence-corrected chi connectivity index (χ4v) is 3.04. The van der Waals surface area contributed by atoms with Crippen molar-refractivity contribution >= 4 is 5.96 Å². The molecule has 1 aromatic carbocycles. The van der Waals surface area contributed by atoms with Gasteiger partial charge in [-0.1, -0.05) is 49.1 Å². The van der Waals surface area contributed by atoms with E-state index in [1.165, 1.54) is 37.7 Å². The number of hydrogen-bond acceptors (Lipinski definition) is 3. The number of hydrogen-bond donors (Lipinski definition) is 2. The number of guanidine groups is 1. The zero-order valence-corrected chi connectivity index (χ0v) is 14.5. The van der Waals surface area contributed by atoms with E-state index < -0.39 is 0 Å². The minimum Gasteiger partial charge on any atom is -0.439 e. The van der Waals surface area contributed by atoms with E-state index in [1.54, 1.807) is 13.2 Å². The molecule has 5 nitrogen and oxygen atoms in total. The lowest BCUT2D eigenvalue weighted by Gasteiger charge is -2.24. The maximum Gasteiger partial charge on any atom is 0.214 e. The molecule has 1 saturated carbocycles. The van der Waals surface area contributed by atoms with E-state index in [-0.39, 0.29) is 0 Å². The Balaban J connectivity index is 1.55. The molecule has 1 aromatic heterocycles. The Bertz CT molecular complexity index is 669. The van der Waals surface area contributed by atoms with Crippen LogP contribution in [-0.4, -0.2) is 24.0 Å². The molecule has 5 heteroatoms. The first-order chi connectivity index (χ1) is 11.7. The predicted octanol–water partition coefficient (Wildman–Crippen LogP) is 3.65. The second kappa shape index (κ2) is 7.99. The molecule has 0 atom stereocenters. The van der Waals surface area contributed by atoms with Gasteiger partial charge in [-0.2, -0.15) is 0 Å². The first-order valence-electron chi connectivity index (χ1n) is 8.73. The summed E-state index contributed by atoms with van der Waals surface area (Å²) in [7, 11) is 1.80. The summed E-state index contributed by atoms with van der Waals surface area (Å²) in [6.45, 7) is 2.60. The maximum atomic E-state index is 5.84. The van der Waals surface area contributed by atoms with Crippen LogP contribution < -0.4 is 10.6 Å². The number of oxazole rings is 1. The molecule has 0 radical (unpaired) electrons. The van der Waals surface area contributed by atoms with Crippen LogP contribution in [0.25, 0.3) is 11.3 Å². The normalized spacial score (nSPS) is 16.2. The van der Waals surface area contributed by atoms with Crippen molar-refractivity contribution in [2.75, 3.05) is 7.05 Å². The highest BCUT2D eigenvalue weighted by atomic mass is 16.4. The molecule has 1 heterocycles. The molecule has 0 spiro atoms. The van der Waals surface area contributed by atoms with Crippen molar-refractivity contribution in [2.24, 2.45) is 4.99 Å². The summed E-state index contributed by atoms with van der Waals surface area (Å²) in [5.74, 6) is 2.27. The topological polar surface area (TPSA) is 62.5 Å². The number of nitrogens with one attached hydrogen (secondary N) is 2. The Kier molecular flexibility index (Phi) is 5.51. The van der Waals surface area contributed by atoms with Crippen LogP contribution in [0.2, 0.25) is 0 Å². The van der Waals surface area contributed by atoms with Gasteiger partial charge in [0.05, 0.1) is 12.7 Å². The van der Waals surface area contributed by atoms with Gasteiger partial charge >= 0.3 is 0 Å². The number of nitrogens with zero attached hydrogens (tertiary/aromatic N) is 2. The number of aliphatic imine (C=N–C) groups is 1. The number of benzene rings is 1. The summed E-state index contributed by atoms with van der Waals surface area (Å²) in [5, 5.41) is 6.78. The van der Waals surface area contributed by atoms with Gasteiger partial charge in [0.1, 0.15) is 0 Å². The van der Waals surface area contributed by atoms with Gasteiger partial charge < -0.3 is 15.1 Å². The first kappa shape index (κ1) is 16.6. The smallest absolute Gasteiger partial charge is 0.214 e. The Hall–Kier alpha value is -2.30. The second-order valence-corrected chi connectivity index (χ2v) is 6.39. The molecule has 0 saturated heterocycles. The molecule has 3 rings (SSSR count). The Labute approximate surface area is 143 Å². The summed E-state index contributed by atoms with van der Waals surface area (Å²) in [5.41, 5.74) is 2.28. The number of rotatable bonds is 4. The quantitative estimate of drug-likeness (QED) is 0.665. The number of aromatic nitrogens is 1. The zero-order chi connectivity index (χ0) is 16.8. The highest BCUT2D eigenvalue weighted by Crippen LogP contribution is 2.21. The Morgan fingerprint density at radius 3 is 2.67 bits per heavy atom. The van der Waals surface area contributed by atoms with Crippen molar-refractivity contribution in [1.29, 1.82) is 0 Å². The highest BCUT2D eigenvalue weighted by Gasteiger charge is 2.15. The van der Waals surface area contributed by atoms with Crippen LogP contribution >= 0.6 is 0 Å². The second-order valence-electron chi connectivity index (χ2n) is 6.39. The summed E-state index contributed by atoms with van der Waals surface area (Å²) >= 11 is 0. The van der Waals surface area contributed by atoms with Gasteiger partial charge in [-0.25, -0.2) is 4.98 Å². The van der Waals surface area contributed by atoms with Gasteiger partial charge in [0, 0.05) is 18.7 Å². The fraction of sp³-hybridized carbons (Fsp3) is 0.474. The molecule has 24 heavy (non-hydrogen) atoms. The van der Waals surface area contributed by atoms with E-state index in [2.05, 4.69) is 51.8 Å². The molecule has 1 aliphatic carbocycles. The molecule has 128 valence electrons. The van der Waals surface area contributed by atoms with Gasteiger partial charge in [-0.15, -0.1) is 0 Å². The number of aryl methyl sites for hydroxylation is 1. The molecule has 0 amide bonds.